The van der Waals surface area contributed by atoms with Crippen LogP contribution < -0.4 is 16.4 Å². The number of aliphatic imine (C=N–C) groups is 1. The Kier molecular flexibility index (Phi) is 4.67. The molecule has 1 amide bonds. The van der Waals surface area contributed by atoms with Crippen LogP contribution in [-0.4, -0.2) is 22.6 Å². The first-order valence-electron chi connectivity index (χ1n) is 7.42. The Morgan fingerprint density at radius 1 is 1.04 bits per heavy atom. The highest BCUT2D eigenvalue weighted by Crippen LogP contribution is 2.20. The van der Waals surface area contributed by atoms with Gasteiger partial charge in [-0.1, -0.05) is 60.7 Å². The summed E-state index contributed by atoms with van der Waals surface area (Å²) >= 11 is 5.38. The van der Waals surface area contributed by atoms with Crippen LogP contribution in [0.15, 0.2) is 76.9 Å². The van der Waals surface area contributed by atoms with Crippen molar-refractivity contribution in [2.75, 3.05) is 5.32 Å². The fourth-order valence-electron chi connectivity index (χ4n) is 2.31. The van der Waals surface area contributed by atoms with E-state index in [2.05, 4.69) is 15.6 Å². The molecule has 0 spiro atoms. The minimum absolute atomic E-state index is 0.00278. The van der Waals surface area contributed by atoms with Crippen molar-refractivity contribution in [1.82, 2.24) is 5.32 Å². The number of thiocarbonyl (C=S) groups is 1. The number of amides is 1. The number of anilines is 1. The van der Waals surface area contributed by atoms with Crippen LogP contribution in [0.1, 0.15) is 10.4 Å². The zero-order chi connectivity index (χ0) is 17.8. The molecular weight excluding hydrogens is 336 g/mol. The highest BCUT2D eigenvalue weighted by molar-refractivity contribution is 7.81. The van der Waals surface area contributed by atoms with Gasteiger partial charge < -0.3 is 11.1 Å². The third-order valence-electron chi connectivity index (χ3n) is 3.45. The summed E-state index contributed by atoms with van der Waals surface area (Å²) in [6.45, 7) is 0. The second kappa shape index (κ2) is 7.06. The van der Waals surface area contributed by atoms with Gasteiger partial charge in [-0.05, 0) is 12.1 Å². The number of para-hydroxylation sites is 1. The number of hydrogen-bond donors (Lipinski definition) is 3. The van der Waals surface area contributed by atoms with Crippen LogP contribution >= 0.6 is 12.2 Å². The average Bonchev–Trinajstić information content (AvgIpc) is 2.94. The molecule has 1 aliphatic heterocycles. The highest BCUT2D eigenvalue weighted by Gasteiger charge is 2.29. The minimum Gasteiger partial charge on any atom is -0.369 e. The van der Waals surface area contributed by atoms with Crippen LogP contribution in [-0.2, 0) is 4.79 Å². The molecule has 0 atom stereocenters. The first-order valence-corrected chi connectivity index (χ1v) is 7.83. The molecule has 124 valence electrons. The van der Waals surface area contributed by atoms with Gasteiger partial charge in [0.15, 0.2) is 5.78 Å². The maximum absolute atomic E-state index is 12.9. The molecule has 25 heavy (non-hydrogen) atoms. The van der Waals surface area contributed by atoms with Crippen LogP contribution in [0.25, 0.3) is 0 Å². The average molecular weight is 350 g/mol. The molecule has 4 N–H and O–H groups in total. The summed E-state index contributed by atoms with van der Waals surface area (Å²) in [6, 6.07) is 17.7. The molecule has 7 heteroatoms. The molecule has 1 heterocycles. The Hall–Kier alpha value is -3.32. The van der Waals surface area contributed by atoms with Crippen molar-refractivity contribution < 1.29 is 9.59 Å². The number of nitrogens with one attached hydrogen (secondary N) is 2. The molecule has 0 radical (unpaired) electrons. The molecule has 3 rings (SSSR count). The SMILES string of the molecule is NC1=N/C(=C(/C(=O)c2ccccc2)C(=S)Nc2ccccc2)C(=O)N1. The van der Waals surface area contributed by atoms with E-state index in [-0.39, 0.29) is 22.2 Å². The third-order valence-corrected chi connectivity index (χ3v) is 3.75. The van der Waals surface area contributed by atoms with Crippen LogP contribution in [0.3, 0.4) is 0 Å². The smallest absolute Gasteiger partial charge is 0.277 e. The van der Waals surface area contributed by atoms with E-state index in [1.54, 1.807) is 42.5 Å². The first kappa shape index (κ1) is 16.5. The Morgan fingerprint density at radius 3 is 2.20 bits per heavy atom. The van der Waals surface area contributed by atoms with E-state index in [0.29, 0.717) is 11.3 Å². The number of carbonyl (C=O) groups is 2. The van der Waals surface area contributed by atoms with Crippen molar-refractivity contribution in [1.29, 1.82) is 0 Å². The fraction of sp³-hybridized carbons (Fsp3) is 0. The molecule has 0 aliphatic carbocycles. The lowest BCUT2D eigenvalue weighted by atomic mass is 10.0. The lowest BCUT2D eigenvalue weighted by Gasteiger charge is -2.12. The Balaban J connectivity index is 2.04. The monoisotopic (exact) mass is 350 g/mol. The molecule has 0 aromatic heterocycles. The molecule has 0 saturated heterocycles. The Bertz CT molecular complexity index is 905. The second-order valence-corrected chi connectivity index (χ2v) is 5.60. The van der Waals surface area contributed by atoms with E-state index in [4.69, 9.17) is 18.0 Å². The van der Waals surface area contributed by atoms with Crippen LogP contribution in [0.4, 0.5) is 5.69 Å². The van der Waals surface area contributed by atoms with Crippen LogP contribution in [0.2, 0.25) is 0 Å². The van der Waals surface area contributed by atoms with Gasteiger partial charge in [-0.25, -0.2) is 4.99 Å². The van der Waals surface area contributed by atoms with Gasteiger partial charge in [0, 0.05) is 11.3 Å². The van der Waals surface area contributed by atoms with Gasteiger partial charge in [-0.3, -0.25) is 14.9 Å². The number of nitrogens with two attached hydrogens (primary N) is 1. The number of Topliss-reactive ketones (excluding diaryl/α,β-unsaturated/α-hetero) is 1. The zero-order valence-corrected chi connectivity index (χ0v) is 13.8. The van der Waals surface area contributed by atoms with Crippen molar-refractivity contribution >= 4 is 40.5 Å². The first-order chi connectivity index (χ1) is 12.1. The topological polar surface area (TPSA) is 96.6 Å². The molecule has 0 unspecified atom stereocenters. The summed E-state index contributed by atoms with van der Waals surface area (Å²) < 4.78 is 0. The quantitative estimate of drug-likeness (QED) is 0.445. The van der Waals surface area contributed by atoms with Crippen molar-refractivity contribution in [3.8, 4) is 0 Å². The summed E-state index contributed by atoms with van der Waals surface area (Å²) in [5.74, 6) is -1.03. The number of rotatable bonds is 4. The normalized spacial score (nSPS) is 15.2. The van der Waals surface area contributed by atoms with Gasteiger partial charge in [0.25, 0.3) is 5.91 Å². The van der Waals surface area contributed by atoms with Gasteiger partial charge in [-0.2, -0.15) is 0 Å². The van der Waals surface area contributed by atoms with Crippen molar-refractivity contribution in [2.45, 2.75) is 0 Å². The van der Waals surface area contributed by atoms with Gasteiger partial charge in [0.1, 0.15) is 10.7 Å². The minimum atomic E-state index is -0.561. The molecule has 0 bridgehead atoms. The highest BCUT2D eigenvalue weighted by atomic mass is 32.1. The lowest BCUT2D eigenvalue weighted by Crippen LogP contribution is -2.31. The maximum atomic E-state index is 12.9. The molecule has 2 aromatic rings. The molecule has 0 saturated carbocycles. The van der Waals surface area contributed by atoms with Gasteiger partial charge in [0.2, 0.25) is 5.96 Å². The summed E-state index contributed by atoms with van der Waals surface area (Å²) in [4.78, 5) is 29.1. The van der Waals surface area contributed by atoms with Crippen molar-refractivity contribution in [2.24, 2.45) is 10.7 Å². The van der Waals surface area contributed by atoms with E-state index < -0.39 is 11.7 Å². The van der Waals surface area contributed by atoms with Gasteiger partial charge in [0.05, 0.1) is 5.57 Å². The maximum Gasteiger partial charge on any atom is 0.277 e. The van der Waals surface area contributed by atoms with Crippen LogP contribution in [0, 0.1) is 0 Å². The van der Waals surface area contributed by atoms with Crippen molar-refractivity contribution in [3.63, 3.8) is 0 Å². The number of carbonyl (C=O) groups excluding carboxylic acids is 2. The number of ketones is 1. The molecular formula is C18H14N4O2S. The van der Waals surface area contributed by atoms with E-state index in [9.17, 15) is 9.59 Å². The predicted octanol–water partition coefficient (Wildman–Crippen LogP) is 2.01. The summed E-state index contributed by atoms with van der Waals surface area (Å²) in [6.07, 6.45) is 0. The molecule has 0 fully saturated rings. The standard InChI is InChI=1S/C18H14N4O2S/c19-18-21-14(16(24)22-18)13(15(23)11-7-3-1-4-8-11)17(25)20-12-9-5-2-6-10-12/h1-10H,(H,20,25)(H3,19,21,22,24)/b14-13-. The molecule has 1 aliphatic rings. The summed E-state index contributed by atoms with van der Waals surface area (Å²) in [7, 11) is 0. The zero-order valence-electron chi connectivity index (χ0n) is 13.0. The van der Waals surface area contributed by atoms with Crippen LogP contribution in [0.5, 0.6) is 0 Å². The molecule has 6 nitrogen and oxygen atoms in total. The summed E-state index contributed by atoms with van der Waals surface area (Å²) in [5, 5.41) is 5.33. The number of nitrogens with zero attached hydrogens (tertiary/aromatic N) is 1. The predicted molar refractivity (Wildman–Crippen MR) is 100 cm³/mol. The third kappa shape index (κ3) is 3.61. The van der Waals surface area contributed by atoms with E-state index in [0.717, 1.165) is 0 Å². The van der Waals surface area contributed by atoms with Crippen molar-refractivity contribution in [3.05, 3.63) is 77.5 Å². The number of benzene rings is 2. The van der Waals surface area contributed by atoms with Gasteiger partial charge >= 0.3 is 0 Å². The summed E-state index contributed by atoms with van der Waals surface area (Å²) in [5.41, 5.74) is 6.55. The van der Waals surface area contributed by atoms with E-state index >= 15 is 0 Å². The Labute approximate surface area is 149 Å². The largest absolute Gasteiger partial charge is 0.369 e. The number of guanidine groups is 1. The van der Waals surface area contributed by atoms with Gasteiger partial charge in [-0.15, -0.1) is 0 Å². The number of hydrogen-bond acceptors (Lipinski definition) is 5. The fourth-order valence-corrected chi connectivity index (χ4v) is 2.62. The molecule has 2 aromatic carbocycles. The lowest BCUT2D eigenvalue weighted by molar-refractivity contribution is -0.115. The van der Waals surface area contributed by atoms with E-state index in [1.165, 1.54) is 0 Å². The van der Waals surface area contributed by atoms with E-state index in [1.807, 2.05) is 18.2 Å². The second-order valence-electron chi connectivity index (χ2n) is 5.19. The Morgan fingerprint density at radius 2 is 1.64 bits per heavy atom.